The Morgan fingerprint density at radius 3 is 2.76 bits per heavy atom. The van der Waals surface area contributed by atoms with E-state index in [-0.39, 0.29) is 18.0 Å². The molecule has 3 atom stereocenters. The summed E-state index contributed by atoms with van der Waals surface area (Å²) in [5, 5.41) is 4.27. The predicted octanol–water partition coefficient (Wildman–Crippen LogP) is 4.72. The Morgan fingerprint density at radius 1 is 1.14 bits per heavy atom. The maximum atomic E-state index is 13.5. The van der Waals surface area contributed by atoms with Crippen molar-refractivity contribution in [2.75, 3.05) is 11.9 Å². The Kier molecular flexibility index (Phi) is 3.12. The third-order valence-electron chi connectivity index (χ3n) is 4.43. The summed E-state index contributed by atoms with van der Waals surface area (Å²) in [5.41, 5.74) is 3.08. The van der Waals surface area contributed by atoms with Gasteiger partial charge in [0.15, 0.2) is 0 Å². The van der Waals surface area contributed by atoms with Crippen molar-refractivity contribution in [3.63, 3.8) is 0 Å². The molecule has 0 radical (unpaired) electrons. The molecule has 2 nitrogen and oxygen atoms in total. The predicted molar refractivity (Wildman–Crippen MR) is 81.0 cm³/mol. The Labute approximate surface area is 127 Å². The maximum absolute atomic E-state index is 13.5. The smallest absolute Gasteiger partial charge is 0.123 e. The van der Waals surface area contributed by atoms with E-state index in [9.17, 15) is 4.39 Å². The molecule has 0 bridgehead atoms. The van der Waals surface area contributed by atoms with Crippen molar-refractivity contribution < 1.29 is 9.13 Å². The molecule has 2 unspecified atom stereocenters. The lowest BCUT2D eigenvalue weighted by Gasteiger charge is -2.36. The van der Waals surface area contributed by atoms with Crippen LogP contribution in [0.1, 0.15) is 29.7 Å². The molecule has 0 amide bonds. The molecule has 0 saturated carbocycles. The average molecular weight is 304 g/mol. The minimum absolute atomic E-state index is 0.0300. The highest BCUT2D eigenvalue weighted by molar-refractivity contribution is 6.30. The van der Waals surface area contributed by atoms with E-state index in [2.05, 4.69) is 5.32 Å². The molecule has 2 heterocycles. The van der Waals surface area contributed by atoms with Crippen LogP contribution in [-0.4, -0.2) is 6.61 Å². The second-order valence-electron chi connectivity index (χ2n) is 5.65. The van der Waals surface area contributed by atoms with Crippen LogP contribution in [0.4, 0.5) is 10.1 Å². The maximum Gasteiger partial charge on any atom is 0.123 e. The quantitative estimate of drug-likeness (QED) is 0.823. The lowest BCUT2D eigenvalue weighted by atomic mass is 9.81. The van der Waals surface area contributed by atoms with Gasteiger partial charge in [0, 0.05) is 28.8 Å². The minimum Gasteiger partial charge on any atom is -0.378 e. The first-order valence-electron chi connectivity index (χ1n) is 7.15. The number of hydrogen-bond acceptors (Lipinski definition) is 2. The molecule has 1 saturated heterocycles. The Bertz CT molecular complexity index is 673. The van der Waals surface area contributed by atoms with Crippen molar-refractivity contribution in [2.45, 2.75) is 18.6 Å². The number of nitrogens with one attached hydrogen (secondary N) is 1. The number of hydrogen-bond donors (Lipinski definition) is 1. The Balaban J connectivity index is 1.77. The summed E-state index contributed by atoms with van der Waals surface area (Å²) in [4.78, 5) is 0. The van der Waals surface area contributed by atoms with Crippen LogP contribution in [0.25, 0.3) is 0 Å². The lowest BCUT2D eigenvalue weighted by molar-refractivity contribution is 0.0826. The van der Waals surface area contributed by atoms with Gasteiger partial charge in [0.05, 0.1) is 12.1 Å². The third kappa shape index (κ3) is 2.21. The molecule has 2 aromatic rings. The summed E-state index contributed by atoms with van der Waals surface area (Å²) >= 11 is 5.97. The molecular weight excluding hydrogens is 289 g/mol. The zero-order valence-electron chi connectivity index (χ0n) is 11.4. The highest BCUT2D eigenvalue weighted by Gasteiger charge is 2.41. The molecule has 1 fully saturated rings. The summed E-state index contributed by atoms with van der Waals surface area (Å²) in [7, 11) is 0. The van der Waals surface area contributed by atoms with Crippen LogP contribution >= 0.6 is 11.6 Å². The van der Waals surface area contributed by atoms with Gasteiger partial charge >= 0.3 is 0 Å². The number of fused-ring (bicyclic) bond motifs is 3. The number of ether oxygens (including phenoxy) is 1. The van der Waals surface area contributed by atoms with Crippen molar-refractivity contribution in [1.82, 2.24) is 0 Å². The summed E-state index contributed by atoms with van der Waals surface area (Å²) in [5.74, 6) is 0.107. The third-order valence-corrected chi connectivity index (χ3v) is 4.68. The standard InChI is InChI=1S/C17H15ClFNO/c18-11-3-1-10(2-4-11)16-13-7-8-21-17(13)14-9-12(19)5-6-15(14)20-16/h1-6,9,13,16-17,20H,7-8H2/t13?,16-,17?/m0/s1. The Hall–Kier alpha value is -1.58. The van der Waals surface area contributed by atoms with E-state index in [4.69, 9.17) is 16.3 Å². The van der Waals surface area contributed by atoms with Crippen LogP contribution in [0.3, 0.4) is 0 Å². The molecule has 2 aliphatic heterocycles. The molecule has 0 spiro atoms. The van der Waals surface area contributed by atoms with Gasteiger partial charge in [0.1, 0.15) is 5.82 Å². The molecule has 2 aliphatic rings. The molecular formula is C17H15ClFNO. The van der Waals surface area contributed by atoms with Crippen LogP contribution in [0.5, 0.6) is 0 Å². The number of halogens is 2. The first kappa shape index (κ1) is 13.1. The molecule has 4 heteroatoms. The van der Waals surface area contributed by atoms with Crippen molar-refractivity contribution in [3.05, 3.63) is 64.4 Å². The molecule has 1 N–H and O–H groups in total. The topological polar surface area (TPSA) is 21.3 Å². The van der Waals surface area contributed by atoms with E-state index in [1.165, 1.54) is 11.6 Å². The normalized spacial score (nSPS) is 26.9. The van der Waals surface area contributed by atoms with E-state index >= 15 is 0 Å². The van der Waals surface area contributed by atoms with E-state index in [1.807, 2.05) is 24.3 Å². The van der Waals surface area contributed by atoms with Gasteiger partial charge < -0.3 is 10.1 Å². The number of benzene rings is 2. The second-order valence-corrected chi connectivity index (χ2v) is 6.09. The van der Waals surface area contributed by atoms with Gasteiger partial charge in [0.25, 0.3) is 0 Å². The highest BCUT2D eigenvalue weighted by atomic mass is 35.5. The van der Waals surface area contributed by atoms with Gasteiger partial charge in [-0.2, -0.15) is 0 Å². The van der Waals surface area contributed by atoms with Crippen LogP contribution in [0.15, 0.2) is 42.5 Å². The van der Waals surface area contributed by atoms with Gasteiger partial charge in [-0.1, -0.05) is 23.7 Å². The van der Waals surface area contributed by atoms with Gasteiger partial charge in [-0.05, 0) is 42.3 Å². The average Bonchev–Trinajstić information content (AvgIpc) is 2.97. The van der Waals surface area contributed by atoms with Crippen molar-refractivity contribution in [1.29, 1.82) is 0 Å². The van der Waals surface area contributed by atoms with Gasteiger partial charge in [-0.15, -0.1) is 0 Å². The van der Waals surface area contributed by atoms with Crippen LogP contribution in [0.2, 0.25) is 5.02 Å². The molecule has 4 rings (SSSR count). The van der Waals surface area contributed by atoms with Gasteiger partial charge in [-0.3, -0.25) is 0 Å². The summed E-state index contributed by atoms with van der Waals surface area (Å²) < 4.78 is 19.4. The zero-order chi connectivity index (χ0) is 14.4. The summed E-state index contributed by atoms with van der Waals surface area (Å²) in [6.07, 6.45) is 0.943. The van der Waals surface area contributed by atoms with Crippen LogP contribution < -0.4 is 5.32 Å². The fraction of sp³-hybridized carbons (Fsp3) is 0.294. The summed E-state index contributed by atoms with van der Waals surface area (Å²) in [6, 6.07) is 12.9. The lowest BCUT2D eigenvalue weighted by Crippen LogP contribution is -2.29. The van der Waals surface area contributed by atoms with Crippen molar-refractivity contribution in [3.8, 4) is 0 Å². The van der Waals surface area contributed by atoms with E-state index in [0.717, 1.165) is 29.3 Å². The zero-order valence-corrected chi connectivity index (χ0v) is 12.1. The molecule has 0 aromatic heterocycles. The van der Waals surface area contributed by atoms with Crippen LogP contribution in [0, 0.1) is 11.7 Å². The highest BCUT2D eigenvalue weighted by Crippen LogP contribution is 2.49. The van der Waals surface area contributed by atoms with E-state index < -0.39 is 0 Å². The monoisotopic (exact) mass is 303 g/mol. The summed E-state index contributed by atoms with van der Waals surface area (Å²) in [6.45, 7) is 0.719. The molecule has 0 aliphatic carbocycles. The molecule has 2 aromatic carbocycles. The van der Waals surface area contributed by atoms with Crippen molar-refractivity contribution >= 4 is 17.3 Å². The fourth-order valence-corrected chi connectivity index (χ4v) is 3.57. The van der Waals surface area contributed by atoms with E-state index in [1.54, 1.807) is 12.1 Å². The van der Waals surface area contributed by atoms with Gasteiger partial charge in [-0.25, -0.2) is 4.39 Å². The molecule has 21 heavy (non-hydrogen) atoms. The Morgan fingerprint density at radius 2 is 1.95 bits per heavy atom. The molecule has 108 valence electrons. The first-order valence-corrected chi connectivity index (χ1v) is 7.53. The van der Waals surface area contributed by atoms with E-state index in [0.29, 0.717) is 5.92 Å². The number of rotatable bonds is 1. The SMILES string of the molecule is Fc1ccc2c(c1)C1OCCC1[C@H](c1ccc(Cl)cc1)N2. The van der Waals surface area contributed by atoms with Crippen molar-refractivity contribution in [2.24, 2.45) is 5.92 Å². The number of anilines is 1. The largest absolute Gasteiger partial charge is 0.378 e. The second kappa shape index (κ2) is 5.00. The fourth-order valence-electron chi connectivity index (χ4n) is 3.44. The minimum atomic E-state index is -0.213. The van der Waals surface area contributed by atoms with Crippen LogP contribution in [-0.2, 0) is 4.74 Å². The first-order chi connectivity index (χ1) is 10.2. The van der Waals surface area contributed by atoms with Gasteiger partial charge in [0.2, 0.25) is 0 Å².